The van der Waals surface area contributed by atoms with Crippen LogP contribution in [0, 0.1) is 0 Å². The van der Waals surface area contributed by atoms with Gasteiger partial charge in [0.25, 0.3) is 0 Å². The standard InChI is InChI=1S/C7H9BrN2S.ClH/c1-10-3-2-5-6(4-10)11-7(8)9-5;/h2-4H2,1H3;1H. The monoisotopic (exact) mass is 268 g/mol. The second-order valence-corrected chi connectivity index (χ2v) is 5.18. The normalized spacial score (nSPS) is 16.8. The van der Waals surface area contributed by atoms with Crippen LogP contribution in [0.2, 0.25) is 0 Å². The van der Waals surface area contributed by atoms with Crippen molar-refractivity contribution in [1.29, 1.82) is 0 Å². The molecule has 0 amide bonds. The van der Waals surface area contributed by atoms with Crippen molar-refractivity contribution in [2.75, 3.05) is 13.6 Å². The zero-order valence-corrected chi connectivity index (χ0v) is 9.93. The number of hydrogen-bond acceptors (Lipinski definition) is 3. The predicted octanol–water partition coefficient (Wildman–Crippen LogP) is 2.32. The fourth-order valence-electron chi connectivity index (χ4n) is 1.29. The summed E-state index contributed by atoms with van der Waals surface area (Å²) in [5, 5.41) is 0. The van der Waals surface area contributed by atoms with Crippen LogP contribution in [-0.4, -0.2) is 23.5 Å². The molecule has 0 aromatic carbocycles. The van der Waals surface area contributed by atoms with E-state index in [1.54, 1.807) is 11.3 Å². The van der Waals surface area contributed by atoms with Gasteiger partial charge in [-0.05, 0) is 23.0 Å². The molecular formula is C7H10BrClN2S. The van der Waals surface area contributed by atoms with E-state index in [1.165, 1.54) is 10.6 Å². The van der Waals surface area contributed by atoms with Gasteiger partial charge < -0.3 is 4.90 Å². The van der Waals surface area contributed by atoms with Crippen molar-refractivity contribution >= 4 is 39.7 Å². The van der Waals surface area contributed by atoms with Gasteiger partial charge in [0.1, 0.15) is 0 Å². The van der Waals surface area contributed by atoms with Gasteiger partial charge in [-0.3, -0.25) is 0 Å². The van der Waals surface area contributed by atoms with Crippen LogP contribution in [0.4, 0.5) is 0 Å². The van der Waals surface area contributed by atoms with E-state index in [0.717, 1.165) is 23.4 Å². The second-order valence-electron chi connectivity index (χ2n) is 2.82. The first-order valence-electron chi connectivity index (χ1n) is 3.58. The SMILES string of the molecule is CN1CCc2nc(Br)sc2C1.Cl. The summed E-state index contributed by atoms with van der Waals surface area (Å²) in [6.07, 6.45) is 1.11. The maximum Gasteiger partial charge on any atom is 0.159 e. The quantitative estimate of drug-likeness (QED) is 0.718. The fraction of sp³-hybridized carbons (Fsp3) is 0.571. The molecule has 0 saturated heterocycles. The lowest BCUT2D eigenvalue weighted by Crippen LogP contribution is -2.25. The highest BCUT2D eigenvalue weighted by atomic mass is 79.9. The second kappa shape index (κ2) is 4.05. The topological polar surface area (TPSA) is 16.1 Å². The van der Waals surface area contributed by atoms with E-state index in [1.807, 2.05) is 0 Å². The summed E-state index contributed by atoms with van der Waals surface area (Å²) in [6.45, 7) is 2.21. The molecule has 2 rings (SSSR count). The van der Waals surface area contributed by atoms with Crippen molar-refractivity contribution in [3.05, 3.63) is 14.5 Å². The van der Waals surface area contributed by atoms with Gasteiger partial charge in [-0.15, -0.1) is 23.7 Å². The summed E-state index contributed by atoms with van der Waals surface area (Å²) in [7, 11) is 2.15. The van der Waals surface area contributed by atoms with E-state index in [9.17, 15) is 0 Å². The molecule has 5 heteroatoms. The van der Waals surface area contributed by atoms with E-state index in [4.69, 9.17) is 0 Å². The van der Waals surface area contributed by atoms with Gasteiger partial charge in [-0.2, -0.15) is 0 Å². The van der Waals surface area contributed by atoms with Crippen molar-refractivity contribution in [2.24, 2.45) is 0 Å². The van der Waals surface area contributed by atoms with Gasteiger partial charge in [0.2, 0.25) is 0 Å². The molecule has 12 heavy (non-hydrogen) atoms. The molecule has 0 fully saturated rings. The maximum atomic E-state index is 4.39. The number of nitrogens with zero attached hydrogens (tertiary/aromatic N) is 2. The molecule has 0 bridgehead atoms. The third-order valence-electron chi connectivity index (χ3n) is 1.90. The van der Waals surface area contributed by atoms with Crippen LogP contribution in [0.1, 0.15) is 10.6 Å². The predicted molar refractivity (Wildman–Crippen MR) is 57.1 cm³/mol. The highest BCUT2D eigenvalue weighted by molar-refractivity contribution is 9.11. The largest absolute Gasteiger partial charge is 0.301 e. The lowest BCUT2D eigenvalue weighted by Gasteiger charge is -2.20. The Morgan fingerprint density at radius 2 is 2.33 bits per heavy atom. The minimum atomic E-state index is 0. The van der Waals surface area contributed by atoms with Gasteiger partial charge in [-0.1, -0.05) is 0 Å². The number of likely N-dealkylation sites (N-methyl/N-ethyl adjacent to an activating group) is 1. The molecule has 1 aliphatic heterocycles. The Morgan fingerprint density at radius 1 is 1.58 bits per heavy atom. The Balaban J connectivity index is 0.000000720. The average Bonchev–Trinajstić information content (AvgIpc) is 2.27. The van der Waals surface area contributed by atoms with Crippen molar-refractivity contribution in [1.82, 2.24) is 9.88 Å². The molecule has 1 aliphatic rings. The molecule has 68 valence electrons. The van der Waals surface area contributed by atoms with Crippen molar-refractivity contribution < 1.29 is 0 Å². The Morgan fingerprint density at radius 3 is 3.08 bits per heavy atom. The molecule has 2 nitrogen and oxygen atoms in total. The third kappa shape index (κ3) is 1.99. The van der Waals surface area contributed by atoms with Crippen molar-refractivity contribution in [3.8, 4) is 0 Å². The number of fused-ring (bicyclic) bond motifs is 1. The molecule has 0 atom stereocenters. The van der Waals surface area contributed by atoms with Crippen LogP contribution in [0.25, 0.3) is 0 Å². The Kier molecular flexibility index (Phi) is 3.52. The van der Waals surface area contributed by atoms with Gasteiger partial charge >= 0.3 is 0 Å². The zero-order valence-electron chi connectivity index (χ0n) is 6.71. The number of halogens is 2. The highest BCUT2D eigenvalue weighted by Gasteiger charge is 2.16. The molecular weight excluding hydrogens is 260 g/mol. The summed E-state index contributed by atoms with van der Waals surface area (Å²) in [5.41, 5.74) is 1.29. The minimum Gasteiger partial charge on any atom is -0.301 e. The van der Waals surface area contributed by atoms with Gasteiger partial charge in [0, 0.05) is 24.4 Å². The molecule has 0 radical (unpaired) electrons. The molecule has 2 heterocycles. The molecule has 0 spiro atoms. The van der Waals surface area contributed by atoms with Crippen LogP contribution in [0.5, 0.6) is 0 Å². The van der Waals surface area contributed by atoms with E-state index in [0.29, 0.717) is 0 Å². The molecule has 0 unspecified atom stereocenters. The summed E-state index contributed by atoms with van der Waals surface area (Å²) in [6, 6.07) is 0. The molecule has 1 aromatic rings. The first-order valence-corrected chi connectivity index (χ1v) is 5.19. The maximum absolute atomic E-state index is 4.39. The molecule has 1 aromatic heterocycles. The number of thiazole rings is 1. The smallest absolute Gasteiger partial charge is 0.159 e. The lowest BCUT2D eigenvalue weighted by atomic mass is 10.2. The van der Waals surface area contributed by atoms with Crippen LogP contribution in [0.3, 0.4) is 0 Å². The Labute approximate surface area is 90.5 Å². The fourth-order valence-corrected chi connectivity index (χ4v) is 3.00. The minimum absolute atomic E-state index is 0. The summed E-state index contributed by atoms with van der Waals surface area (Å²) in [5.74, 6) is 0. The van der Waals surface area contributed by atoms with E-state index < -0.39 is 0 Å². The van der Waals surface area contributed by atoms with Crippen molar-refractivity contribution in [3.63, 3.8) is 0 Å². The van der Waals surface area contributed by atoms with Gasteiger partial charge in [0.05, 0.1) is 5.69 Å². The lowest BCUT2D eigenvalue weighted by molar-refractivity contribution is 0.314. The Hall–Kier alpha value is 0.360. The van der Waals surface area contributed by atoms with Gasteiger partial charge in [0.15, 0.2) is 3.92 Å². The van der Waals surface area contributed by atoms with Crippen molar-refractivity contribution in [2.45, 2.75) is 13.0 Å². The molecule has 0 N–H and O–H groups in total. The Bertz CT molecular complexity index is 276. The summed E-state index contributed by atoms with van der Waals surface area (Å²) in [4.78, 5) is 8.14. The third-order valence-corrected chi connectivity index (χ3v) is 3.43. The van der Waals surface area contributed by atoms with Crippen LogP contribution >= 0.6 is 39.7 Å². The summed E-state index contributed by atoms with van der Waals surface area (Å²) >= 11 is 5.16. The van der Waals surface area contributed by atoms with Crippen LogP contribution in [0.15, 0.2) is 3.92 Å². The zero-order chi connectivity index (χ0) is 7.84. The number of rotatable bonds is 0. The van der Waals surface area contributed by atoms with E-state index in [2.05, 4.69) is 32.9 Å². The molecule has 0 saturated carbocycles. The van der Waals surface area contributed by atoms with E-state index >= 15 is 0 Å². The average molecular weight is 270 g/mol. The first-order chi connectivity index (χ1) is 5.25. The first kappa shape index (κ1) is 10.4. The van der Waals surface area contributed by atoms with Crippen LogP contribution in [-0.2, 0) is 13.0 Å². The number of hydrogen-bond donors (Lipinski definition) is 0. The highest BCUT2D eigenvalue weighted by Crippen LogP contribution is 2.27. The molecule has 0 aliphatic carbocycles. The summed E-state index contributed by atoms with van der Waals surface area (Å²) < 4.78 is 1.03. The van der Waals surface area contributed by atoms with Crippen LogP contribution < -0.4 is 0 Å². The van der Waals surface area contributed by atoms with Gasteiger partial charge in [-0.25, -0.2) is 4.98 Å². The number of aromatic nitrogens is 1. The van der Waals surface area contributed by atoms with E-state index in [-0.39, 0.29) is 12.4 Å².